The number of imidazole rings is 1. The second-order valence-corrected chi connectivity index (χ2v) is 5.91. The number of amides is 1. The molecule has 0 saturated carbocycles. The molecule has 0 radical (unpaired) electrons. The zero-order valence-electron chi connectivity index (χ0n) is 14.1. The number of nitrogens with zero attached hydrogens (tertiary/aromatic N) is 3. The SMILES string of the molecule is Cc1ccc(-c2cc(C(=O)Nc3cn(C)c(C(=O)O)n3)n(C)c2)cc1. The van der Waals surface area contributed by atoms with Gasteiger partial charge in [-0.25, -0.2) is 9.78 Å². The largest absolute Gasteiger partial charge is 0.475 e. The molecule has 25 heavy (non-hydrogen) atoms. The fourth-order valence-electron chi connectivity index (χ4n) is 2.60. The van der Waals surface area contributed by atoms with Crippen LogP contribution in [0.5, 0.6) is 0 Å². The number of rotatable bonds is 4. The summed E-state index contributed by atoms with van der Waals surface area (Å²) < 4.78 is 3.08. The van der Waals surface area contributed by atoms with Crippen molar-refractivity contribution < 1.29 is 14.7 Å². The zero-order valence-corrected chi connectivity index (χ0v) is 14.1. The first-order valence-electron chi connectivity index (χ1n) is 7.66. The predicted octanol–water partition coefficient (Wildman–Crippen LogP) is 2.68. The van der Waals surface area contributed by atoms with Crippen molar-refractivity contribution in [2.24, 2.45) is 14.1 Å². The van der Waals surface area contributed by atoms with E-state index in [1.807, 2.05) is 37.4 Å². The molecule has 0 unspecified atom stereocenters. The van der Waals surface area contributed by atoms with Crippen LogP contribution in [-0.2, 0) is 14.1 Å². The van der Waals surface area contributed by atoms with E-state index in [-0.39, 0.29) is 17.5 Å². The van der Waals surface area contributed by atoms with E-state index >= 15 is 0 Å². The number of aryl methyl sites for hydroxylation is 3. The normalized spacial score (nSPS) is 10.7. The van der Waals surface area contributed by atoms with Crippen LogP contribution in [0, 0.1) is 6.92 Å². The molecule has 0 bridgehead atoms. The molecule has 0 saturated heterocycles. The monoisotopic (exact) mass is 338 g/mol. The molecule has 0 aliphatic carbocycles. The summed E-state index contributed by atoms with van der Waals surface area (Å²) in [6, 6.07) is 9.84. The van der Waals surface area contributed by atoms with Crippen LogP contribution < -0.4 is 5.32 Å². The van der Waals surface area contributed by atoms with Gasteiger partial charge in [0.2, 0.25) is 5.82 Å². The standard InChI is InChI=1S/C18H18N4O3/c1-11-4-6-12(7-5-11)13-8-14(21(2)9-13)17(23)20-15-10-22(3)16(19-15)18(24)25/h4-10H,1-3H3,(H,20,23)(H,24,25). The Kier molecular flexibility index (Phi) is 4.14. The van der Waals surface area contributed by atoms with Gasteiger partial charge in [0.25, 0.3) is 5.91 Å². The number of carboxylic acids is 1. The first kappa shape index (κ1) is 16.5. The van der Waals surface area contributed by atoms with Gasteiger partial charge in [0.1, 0.15) is 5.69 Å². The summed E-state index contributed by atoms with van der Waals surface area (Å²) in [5.41, 5.74) is 3.58. The van der Waals surface area contributed by atoms with Gasteiger partial charge >= 0.3 is 5.97 Å². The average molecular weight is 338 g/mol. The Morgan fingerprint density at radius 1 is 1.04 bits per heavy atom. The van der Waals surface area contributed by atoms with Gasteiger partial charge in [-0.1, -0.05) is 29.8 Å². The summed E-state index contributed by atoms with van der Waals surface area (Å²) in [7, 11) is 3.35. The predicted molar refractivity (Wildman–Crippen MR) is 93.7 cm³/mol. The number of hydrogen-bond acceptors (Lipinski definition) is 3. The minimum absolute atomic E-state index is 0.137. The van der Waals surface area contributed by atoms with Gasteiger partial charge in [0.15, 0.2) is 5.82 Å². The number of hydrogen-bond donors (Lipinski definition) is 2. The number of nitrogens with one attached hydrogen (secondary N) is 1. The lowest BCUT2D eigenvalue weighted by Crippen LogP contribution is -2.15. The van der Waals surface area contributed by atoms with E-state index in [0.29, 0.717) is 5.69 Å². The van der Waals surface area contributed by atoms with Crippen LogP contribution in [0.1, 0.15) is 26.7 Å². The molecule has 7 heteroatoms. The van der Waals surface area contributed by atoms with Crippen molar-refractivity contribution >= 4 is 17.7 Å². The van der Waals surface area contributed by atoms with Crippen LogP contribution in [0.25, 0.3) is 11.1 Å². The Morgan fingerprint density at radius 2 is 1.72 bits per heavy atom. The lowest BCUT2D eigenvalue weighted by molar-refractivity contribution is 0.0679. The molecule has 128 valence electrons. The highest BCUT2D eigenvalue weighted by Crippen LogP contribution is 2.23. The van der Waals surface area contributed by atoms with E-state index in [2.05, 4.69) is 10.3 Å². The number of benzene rings is 1. The summed E-state index contributed by atoms with van der Waals surface area (Å²) in [5.74, 6) is -1.44. The fraction of sp³-hybridized carbons (Fsp3) is 0.167. The fourth-order valence-corrected chi connectivity index (χ4v) is 2.60. The molecule has 2 heterocycles. The van der Waals surface area contributed by atoms with Crippen molar-refractivity contribution in [1.82, 2.24) is 14.1 Å². The van der Waals surface area contributed by atoms with Gasteiger partial charge in [-0.3, -0.25) is 4.79 Å². The maximum absolute atomic E-state index is 12.5. The van der Waals surface area contributed by atoms with Crippen molar-refractivity contribution in [3.05, 3.63) is 59.8 Å². The third kappa shape index (κ3) is 3.30. The molecule has 0 spiro atoms. The van der Waals surface area contributed by atoms with Gasteiger partial charge in [0, 0.05) is 32.1 Å². The molecule has 0 aliphatic heterocycles. The van der Waals surface area contributed by atoms with E-state index in [9.17, 15) is 9.59 Å². The van der Waals surface area contributed by atoms with Crippen LogP contribution in [0.2, 0.25) is 0 Å². The highest BCUT2D eigenvalue weighted by atomic mass is 16.4. The number of carboxylic acid groups (broad SMARTS) is 1. The van der Waals surface area contributed by atoms with Crippen LogP contribution in [0.3, 0.4) is 0 Å². The van der Waals surface area contributed by atoms with Crippen molar-refractivity contribution in [2.45, 2.75) is 6.92 Å². The maximum atomic E-state index is 12.5. The molecule has 0 aliphatic rings. The molecular formula is C18H18N4O3. The summed E-state index contributed by atoms with van der Waals surface area (Å²) in [4.78, 5) is 27.4. The number of carbonyl (C=O) groups is 2. The molecule has 3 rings (SSSR count). The van der Waals surface area contributed by atoms with E-state index in [1.165, 1.54) is 16.3 Å². The highest BCUT2D eigenvalue weighted by molar-refractivity contribution is 6.03. The Balaban J connectivity index is 1.84. The van der Waals surface area contributed by atoms with E-state index < -0.39 is 5.97 Å². The van der Waals surface area contributed by atoms with Crippen LogP contribution >= 0.6 is 0 Å². The molecular weight excluding hydrogens is 320 g/mol. The van der Waals surface area contributed by atoms with E-state index in [4.69, 9.17) is 5.11 Å². The summed E-state index contributed by atoms with van der Waals surface area (Å²) in [5, 5.41) is 11.7. The molecule has 1 aromatic carbocycles. The summed E-state index contributed by atoms with van der Waals surface area (Å²) in [6.07, 6.45) is 3.34. The van der Waals surface area contributed by atoms with Gasteiger partial charge in [-0.15, -0.1) is 0 Å². The van der Waals surface area contributed by atoms with Crippen LogP contribution in [0.15, 0.2) is 42.7 Å². The first-order chi connectivity index (χ1) is 11.8. The van der Waals surface area contributed by atoms with Gasteiger partial charge in [-0.2, -0.15) is 0 Å². The number of aromatic nitrogens is 3. The third-order valence-electron chi connectivity index (χ3n) is 3.93. The molecule has 0 atom stereocenters. The highest BCUT2D eigenvalue weighted by Gasteiger charge is 2.17. The van der Waals surface area contributed by atoms with Crippen molar-refractivity contribution in [2.75, 3.05) is 5.32 Å². The number of anilines is 1. The van der Waals surface area contributed by atoms with Crippen molar-refractivity contribution in [3.63, 3.8) is 0 Å². The van der Waals surface area contributed by atoms with Gasteiger partial charge in [0.05, 0.1) is 0 Å². The smallest absolute Gasteiger partial charge is 0.372 e. The second kappa shape index (κ2) is 6.27. The number of aromatic carboxylic acids is 1. The van der Waals surface area contributed by atoms with Gasteiger partial charge in [-0.05, 0) is 18.6 Å². The Hall–Kier alpha value is -3.35. The quantitative estimate of drug-likeness (QED) is 0.765. The Labute approximate surface area is 144 Å². The maximum Gasteiger partial charge on any atom is 0.372 e. The van der Waals surface area contributed by atoms with Crippen molar-refractivity contribution in [3.8, 4) is 11.1 Å². The van der Waals surface area contributed by atoms with Crippen LogP contribution in [-0.4, -0.2) is 31.1 Å². The molecule has 1 amide bonds. The van der Waals surface area contributed by atoms with Crippen molar-refractivity contribution in [1.29, 1.82) is 0 Å². The molecule has 0 fully saturated rings. The van der Waals surface area contributed by atoms with Crippen LogP contribution in [0.4, 0.5) is 5.82 Å². The topological polar surface area (TPSA) is 89.2 Å². The van der Waals surface area contributed by atoms with E-state index in [1.54, 1.807) is 24.7 Å². The molecule has 2 N–H and O–H groups in total. The minimum Gasteiger partial charge on any atom is -0.475 e. The first-order valence-corrected chi connectivity index (χ1v) is 7.66. The average Bonchev–Trinajstić information content (AvgIpc) is 3.11. The molecule has 2 aromatic heterocycles. The summed E-state index contributed by atoms with van der Waals surface area (Å²) in [6.45, 7) is 2.02. The Morgan fingerprint density at radius 3 is 2.32 bits per heavy atom. The summed E-state index contributed by atoms with van der Waals surface area (Å²) >= 11 is 0. The number of carbonyl (C=O) groups excluding carboxylic acids is 1. The third-order valence-corrected chi connectivity index (χ3v) is 3.93. The Bertz CT molecular complexity index is 951. The van der Waals surface area contributed by atoms with Gasteiger partial charge < -0.3 is 19.6 Å². The second-order valence-electron chi connectivity index (χ2n) is 5.91. The zero-order chi connectivity index (χ0) is 18.1. The molecule has 3 aromatic rings. The van der Waals surface area contributed by atoms with E-state index in [0.717, 1.165) is 11.1 Å². The molecule has 7 nitrogen and oxygen atoms in total. The lowest BCUT2D eigenvalue weighted by Gasteiger charge is -2.02. The lowest BCUT2D eigenvalue weighted by atomic mass is 10.1. The minimum atomic E-state index is -1.15.